The molecule has 0 unspecified atom stereocenters. The summed E-state index contributed by atoms with van der Waals surface area (Å²) in [5.74, 6) is -0.514. The van der Waals surface area contributed by atoms with Gasteiger partial charge in [-0.05, 0) is 24.1 Å². The number of nitrogens with two attached hydrogens (primary N) is 1. The maximum Gasteiger partial charge on any atom is 0.387 e. The highest BCUT2D eigenvalue weighted by molar-refractivity contribution is 5.75. The van der Waals surface area contributed by atoms with E-state index in [1.54, 1.807) is 12.1 Å². The van der Waals surface area contributed by atoms with Crippen LogP contribution in [0.1, 0.15) is 5.56 Å². The molecule has 2 N–H and O–H groups in total. The topological polar surface area (TPSA) is 61.5 Å². The molecule has 1 atom stereocenters. The molecule has 0 aliphatic carbocycles. The van der Waals surface area contributed by atoms with E-state index in [2.05, 4.69) is 9.47 Å². The predicted molar refractivity (Wildman–Crippen MR) is 56.8 cm³/mol. The Morgan fingerprint density at radius 1 is 1.47 bits per heavy atom. The van der Waals surface area contributed by atoms with Gasteiger partial charge in [0, 0.05) is 0 Å². The number of rotatable bonds is 5. The fraction of sp³-hybridized carbons (Fsp3) is 0.364. The first-order chi connectivity index (χ1) is 8.02. The van der Waals surface area contributed by atoms with E-state index in [9.17, 15) is 13.6 Å². The van der Waals surface area contributed by atoms with Crippen molar-refractivity contribution in [1.82, 2.24) is 0 Å². The zero-order chi connectivity index (χ0) is 12.8. The minimum Gasteiger partial charge on any atom is -0.468 e. The Morgan fingerprint density at radius 2 is 2.18 bits per heavy atom. The van der Waals surface area contributed by atoms with E-state index in [-0.39, 0.29) is 12.2 Å². The van der Waals surface area contributed by atoms with Gasteiger partial charge in [-0.15, -0.1) is 0 Å². The molecule has 0 saturated carbocycles. The average molecular weight is 245 g/mol. The van der Waals surface area contributed by atoms with E-state index in [4.69, 9.17) is 5.73 Å². The minimum absolute atomic E-state index is 0.0366. The molecule has 0 aliphatic rings. The monoisotopic (exact) mass is 245 g/mol. The summed E-state index contributed by atoms with van der Waals surface area (Å²) in [6, 6.07) is 5.22. The first-order valence-electron chi connectivity index (χ1n) is 4.90. The van der Waals surface area contributed by atoms with Crippen LogP contribution in [-0.4, -0.2) is 25.7 Å². The molecular formula is C11H13F2NO3. The first kappa shape index (κ1) is 13.4. The molecule has 0 fully saturated rings. The fourth-order valence-electron chi connectivity index (χ4n) is 1.34. The molecule has 0 bridgehead atoms. The Hall–Kier alpha value is -1.69. The third-order valence-electron chi connectivity index (χ3n) is 2.08. The van der Waals surface area contributed by atoms with E-state index in [1.807, 2.05) is 0 Å². The van der Waals surface area contributed by atoms with Crippen LogP contribution in [0.15, 0.2) is 24.3 Å². The molecule has 1 rings (SSSR count). The standard InChI is InChI=1S/C11H13F2NO3/c1-16-10(15)9(14)6-7-3-2-4-8(5-7)17-11(12)13/h2-5,9,11H,6,14H2,1H3/t9-/m1/s1. The molecule has 4 nitrogen and oxygen atoms in total. The van der Waals surface area contributed by atoms with Crippen LogP contribution < -0.4 is 10.5 Å². The second-order valence-electron chi connectivity index (χ2n) is 3.36. The molecule has 1 aromatic rings. The number of carbonyl (C=O) groups is 1. The summed E-state index contributed by atoms with van der Waals surface area (Å²) in [6.45, 7) is -2.88. The summed E-state index contributed by atoms with van der Waals surface area (Å²) in [4.78, 5) is 11.1. The van der Waals surface area contributed by atoms with Crippen LogP contribution in [0.3, 0.4) is 0 Å². The number of hydrogen-bond donors (Lipinski definition) is 1. The van der Waals surface area contributed by atoms with Gasteiger partial charge in [-0.25, -0.2) is 0 Å². The molecule has 94 valence electrons. The summed E-state index contributed by atoms with van der Waals surface area (Å²) in [7, 11) is 1.23. The molecule has 0 amide bonds. The van der Waals surface area contributed by atoms with Gasteiger partial charge in [0.15, 0.2) is 0 Å². The second-order valence-corrected chi connectivity index (χ2v) is 3.36. The molecule has 0 heterocycles. The Labute approximate surface area is 97.3 Å². The van der Waals surface area contributed by atoms with Crippen molar-refractivity contribution in [2.75, 3.05) is 7.11 Å². The average Bonchev–Trinajstić information content (AvgIpc) is 2.27. The van der Waals surface area contributed by atoms with Crippen molar-refractivity contribution in [2.24, 2.45) is 5.73 Å². The van der Waals surface area contributed by atoms with E-state index in [1.165, 1.54) is 19.2 Å². The second kappa shape index (κ2) is 6.15. The molecule has 6 heteroatoms. The lowest BCUT2D eigenvalue weighted by atomic mass is 10.1. The van der Waals surface area contributed by atoms with Gasteiger partial charge in [0.1, 0.15) is 11.8 Å². The van der Waals surface area contributed by atoms with E-state index >= 15 is 0 Å². The number of halogens is 2. The number of hydrogen-bond acceptors (Lipinski definition) is 4. The zero-order valence-corrected chi connectivity index (χ0v) is 9.23. The Kier molecular flexibility index (Phi) is 4.84. The maximum absolute atomic E-state index is 12.0. The van der Waals surface area contributed by atoms with Gasteiger partial charge in [0.25, 0.3) is 0 Å². The largest absolute Gasteiger partial charge is 0.468 e. The van der Waals surface area contributed by atoms with Crippen molar-refractivity contribution < 1.29 is 23.0 Å². The summed E-state index contributed by atoms with van der Waals surface area (Å²) in [5, 5.41) is 0. The Balaban J connectivity index is 2.68. The zero-order valence-electron chi connectivity index (χ0n) is 9.23. The lowest BCUT2D eigenvalue weighted by Gasteiger charge is -2.10. The number of ether oxygens (including phenoxy) is 2. The predicted octanol–water partition coefficient (Wildman–Crippen LogP) is 1.33. The third-order valence-corrected chi connectivity index (χ3v) is 2.08. The van der Waals surface area contributed by atoms with Crippen LogP contribution in [0.5, 0.6) is 5.75 Å². The Morgan fingerprint density at radius 3 is 2.76 bits per heavy atom. The molecule has 0 radical (unpaired) electrons. The highest BCUT2D eigenvalue weighted by Crippen LogP contribution is 2.16. The minimum atomic E-state index is -2.88. The van der Waals surface area contributed by atoms with Crippen molar-refractivity contribution in [3.8, 4) is 5.75 Å². The van der Waals surface area contributed by atoms with Gasteiger partial charge in [0.2, 0.25) is 0 Å². The van der Waals surface area contributed by atoms with Crippen LogP contribution in [-0.2, 0) is 16.0 Å². The van der Waals surface area contributed by atoms with Crippen molar-refractivity contribution in [3.63, 3.8) is 0 Å². The summed E-state index contributed by atoms with van der Waals surface area (Å²) < 4.78 is 32.6. The normalized spacial score (nSPS) is 12.3. The quantitative estimate of drug-likeness (QED) is 0.795. The van der Waals surface area contributed by atoms with Crippen LogP contribution >= 0.6 is 0 Å². The molecular weight excluding hydrogens is 232 g/mol. The van der Waals surface area contributed by atoms with E-state index in [0.29, 0.717) is 5.56 Å². The van der Waals surface area contributed by atoms with Crippen LogP contribution in [0.4, 0.5) is 8.78 Å². The summed E-state index contributed by atoms with van der Waals surface area (Å²) >= 11 is 0. The van der Waals surface area contributed by atoms with E-state index in [0.717, 1.165) is 0 Å². The van der Waals surface area contributed by atoms with Gasteiger partial charge in [0.05, 0.1) is 7.11 Å². The first-order valence-corrected chi connectivity index (χ1v) is 4.90. The number of carbonyl (C=O) groups excluding carboxylic acids is 1. The Bertz CT molecular complexity index is 385. The number of esters is 1. The highest BCUT2D eigenvalue weighted by atomic mass is 19.3. The number of alkyl halides is 2. The van der Waals surface area contributed by atoms with Gasteiger partial charge >= 0.3 is 12.6 Å². The molecule has 0 aromatic heterocycles. The van der Waals surface area contributed by atoms with Crippen molar-refractivity contribution >= 4 is 5.97 Å². The van der Waals surface area contributed by atoms with Crippen molar-refractivity contribution in [2.45, 2.75) is 19.1 Å². The van der Waals surface area contributed by atoms with E-state index < -0.39 is 18.6 Å². The smallest absolute Gasteiger partial charge is 0.387 e. The molecule has 0 aliphatic heterocycles. The highest BCUT2D eigenvalue weighted by Gasteiger charge is 2.14. The fourth-order valence-corrected chi connectivity index (χ4v) is 1.34. The van der Waals surface area contributed by atoms with Crippen molar-refractivity contribution in [1.29, 1.82) is 0 Å². The molecule has 0 spiro atoms. The van der Waals surface area contributed by atoms with Crippen LogP contribution in [0, 0.1) is 0 Å². The lowest BCUT2D eigenvalue weighted by molar-refractivity contribution is -0.142. The molecule has 0 saturated heterocycles. The maximum atomic E-state index is 12.0. The van der Waals surface area contributed by atoms with Gasteiger partial charge < -0.3 is 15.2 Å². The van der Waals surface area contributed by atoms with Gasteiger partial charge in [-0.1, -0.05) is 12.1 Å². The molecule has 1 aromatic carbocycles. The number of methoxy groups -OCH3 is 1. The van der Waals surface area contributed by atoms with Gasteiger partial charge in [-0.2, -0.15) is 8.78 Å². The van der Waals surface area contributed by atoms with Crippen LogP contribution in [0.2, 0.25) is 0 Å². The summed E-state index contributed by atoms with van der Waals surface area (Å²) in [5.41, 5.74) is 6.17. The SMILES string of the molecule is COC(=O)[C@H](N)Cc1cccc(OC(F)F)c1. The van der Waals surface area contributed by atoms with Crippen LogP contribution in [0.25, 0.3) is 0 Å². The molecule has 17 heavy (non-hydrogen) atoms. The summed E-state index contributed by atoms with van der Waals surface area (Å²) in [6.07, 6.45) is 0.201. The third kappa shape index (κ3) is 4.36. The lowest BCUT2D eigenvalue weighted by Crippen LogP contribution is -2.33. The van der Waals surface area contributed by atoms with Gasteiger partial charge in [-0.3, -0.25) is 4.79 Å². The van der Waals surface area contributed by atoms with Crippen molar-refractivity contribution in [3.05, 3.63) is 29.8 Å². The number of benzene rings is 1.